The van der Waals surface area contributed by atoms with Gasteiger partial charge in [0.25, 0.3) is 0 Å². The maximum atomic E-state index is 13.1. The van der Waals surface area contributed by atoms with Crippen molar-refractivity contribution >= 4 is 0 Å². The van der Waals surface area contributed by atoms with E-state index < -0.39 is 0 Å². The molecule has 0 unspecified atom stereocenters. The van der Waals surface area contributed by atoms with Crippen LogP contribution in [0.4, 0.5) is 4.39 Å². The Kier molecular flexibility index (Phi) is 3.51. The van der Waals surface area contributed by atoms with E-state index in [1.807, 2.05) is 23.9 Å². The van der Waals surface area contributed by atoms with Crippen LogP contribution in [0.1, 0.15) is 31.0 Å². The van der Waals surface area contributed by atoms with Crippen LogP contribution >= 0.6 is 0 Å². The summed E-state index contributed by atoms with van der Waals surface area (Å²) in [7, 11) is 0. The number of halogens is 1. The van der Waals surface area contributed by atoms with Gasteiger partial charge in [0.05, 0.1) is 5.69 Å². The van der Waals surface area contributed by atoms with Crippen molar-refractivity contribution in [3.63, 3.8) is 0 Å². The van der Waals surface area contributed by atoms with Crippen LogP contribution in [0, 0.1) is 12.7 Å². The van der Waals surface area contributed by atoms with Gasteiger partial charge in [-0.15, -0.1) is 0 Å². The molecule has 0 saturated carbocycles. The van der Waals surface area contributed by atoms with Gasteiger partial charge < -0.3 is 0 Å². The predicted molar refractivity (Wildman–Crippen MR) is 76.7 cm³/mol. The monoisotopic (exact) mass is 285 g/mol. The summed E-state index contributed by atoms with van der Waals surface area (Å²) in [6, 6.07) is 8.11. The lowest BCUT2D eigenvalue weighted by Gasteiger charge is -2.16. The molecule has 1 atom stereocenters. The van der Waals surface area contributed by atoms with Gasteiger partial charge in [-0.1, -0.05) is 6.92 Å². The van der Waals surface area contributed by atoms with E-state index in [1.165, 1.54) is 12.1 Å². The third-order valence-electron chi connectivity index (χ3n) is 3.34. The average Bonchev–Trinajstić information content (AvgIpc) is 3.11. The highest BCUT2D eigenvalue weighted by molar-refractivity contribution is 5.32. The first-order chi connectivity index (χ1) is 10.2. The van der Waals surface area contributed by atoms with Crippen molar-refractivity contribution in [3.05, 3.63) is 60.2 Å². The molecular formula is C15H16FN5. The molecule has 0 amide bonds. The Morgan fingerprint density at radius 1 is 1.24 bits per heavy atom. The predicted octanol–water partition coefficient (Wildman–Crippen LogP) is 2.91. The first kappa shape index (κ1) is 13.5. The molecule has 0 spiro atoms. The Morgan fingerprint density at radius 3 is 2.62 bits per heavy atom. The molecule has 0 saturated heterocycles. The van der Waals surface area contributed by atoms with E-state index in [0.717, 1.165) is 17.9 Å². The van der Waals surface area contributed by atoms with Crippen LogP contribution in [0.2, 0.25) is 0 Å². The summed E-state index contributed by atoms with van der Waals surface area (Å²) >= 11 is 0. The van der Waals surface area contributed by atoms with Crippen LogP contribution in [-0.2, 0) is 0 Å². The van der Waals surface area contributed by atoms with Crippen LogP contribution in [0.3, 0.4) is 0 Å². The largest absolute Gasteiger partial charge is 0.262 e. The first-order valence-corrected chi connectivity index (χ1v) is 6.87. The summed E-state index contributed by atoms with van der Waals surface area (Å²) in [5, 5.41) is 8.73. The van der Waals surface area contributed by atoms with Crippen molar-refractivity contribution < 1.29 is 4.39 Å². The number of aromatic nitrogens is 5. The Hall–Kier alpha value is -2.50. The van der Waals surface area contributed by atoms with Crippen LogP contribution in [0.25, 0.3) is 5.69 Å². The minimum atomic E-state index is -0.267. The first-order valence-electron chi connectivity index (χ1n) is 6.87. The number of hydrogen-bond donors (Lipinski definition) is 0. The number of benzene rings is 1. The molecule has 0 aliphatic heterocycles. The molecule has 2 aromatic heterocycles. The topological polar surface area (TPSA) is 48.5 Å². The van der Waals surface area contributed by atoms with E-state index in [9.17, 15) is 4.39 Å². The maximum absolute atomic E-state index is 13.1. The lowest BCUT2D eigenvalue weighted by molar-refractivity contribution is 0.474. The number of nitrogens with zero attached hydrogens (tertiary/aromatic N) is 5. The maximum Gasteiger partial charge on any atom is 0.157 e. The van der Waals surface area contributed by atoms with E-state index in [1.54, 1.807) is 23.0 Å². The lowest BCUT2D eigenvalue weighted by atomic mass is 10.2. The van der Waals surface area contributed by atoms with Gasteiger partial charge in [-0.3, -0.25) is 4.68 Å². The Morgan fingerprint density at radius 2 is 2.00 bits per heavy atom. The smallest absolute Gasteiger partial charge is 0.157 e. The van der Waals surface area contributed by atoms with E-state index in [0.29, 0.717) is 5.82 Å². The van der Waals surface area contributed by atoms with Crippen LogP contribution in [0.15, 0.2) is 42.7 Å². The van der Waals surface area contributed by atoms with Gasteiger partial charge in [0.1, 0.15) is 17.7 Å². The molecule has 1 aromatic carbocycles. The van der Waals surface area contributed by atoms with Gasteiger partial charge in [-0.2, -0.15) is 10.2 Å². The quantitative estimate of drug-likeness (QED) is 0.740. The zero-order chi connectivity index (χ0) is 14.8. The third kappa shape index (κ3) is 2.56. The van der Waals surface area contributed by atoms with E-state index in [4.69, 9.17) is 0 Å². The molecule has 0 bridgehead atoms. The van der Waals surface area contributed by atoms with Crippen molar-refractivity contribution in [2.24, 2.45) is 0 Å². The minimum Gasteiger partial charge on any atom is -0.262 e. The summed E-state index contributed by atoms with van der Waals surface area (Å²) < 4.78 is 16.7. The molecule has 0 aliphatic carbocycles. The van der Waals surface area contributed by atoms with Crippen molar-refractivity contribution in [2.45, 2.75) is 26.3 Å². The van der Waals surface area contributed by atoms with Gasteiger partial charge in [0.2, 0.25) is 0 Å². The van der Waals surface area contributed by atoms with Gasteiger partial charge in [-0.05, 0) is 43.7 Å². The lowest BCUT2D eigenvalue weighted by Crippen LogP contribution is -2.16. The Balaban J connectivity index is 2.08. The molecular weight excluding hydrogens is 269 g/mol. The molecule has 0 fully saturated rings. The summed E-state index contributed by atoms with van der Waals surface area (Å²) in [5.74, 6) is 1.21. The summed E-state index contributed by atoms with van der Waals surface area (Å²) in [5.41, 5.74) is 0.789. The Bertz CT molecular complexity index is 715. The van der Waals surface area contributed by atoms with E-state index in [-0.39, 0.29) is 11.9 Å². The standard InChI is InChI=1S/C15H16FN5/c1-3-14(20-10-4-9-17-20)15-18-11(2)19-21(15)13-7-5-12(16)6-8-13/h4-10,14H,3H2,1-2H3/t14-/m0/s1. The Labute approximate surface area is 122 Å². The van der Waals surface area contributed by atoms with Gasteiger partial charge in [-0.25, -0.2) is 14.1 Å². The summed E-state index contributed by atoms with van der Waals surface area (Å²) in [6.45, 7) is 3.92. The number of rotatable bonds is 4. The van der Waals surface area contributed by atoms with E-state index in [2.05, 4.69) is 22.1 Å². The van der Waals surface area contributed by atoms with Gasteiger partial charge in [0.15, 0.2) is 5.82 Å². The van der Waals surface area contributed by atoms with Crippen molar-refractivity contribution in [2.75, 3.05) is 0 Å². The molecule has 0 aliphatic rings. The molecule has 0 radical (unpaired) electrons. The third-order valence-corrected chi connectivity index (χ3v) is 3.34. The van der Waals surface area contributed by atoms with E-state index >= 15 is 0 Å². The van der Waals surface area contributed by atoms with Crippen LogP contribution in [-0.4, -0.2) is 24.5 Å². The fraction of sp³-hybridized carbons (Fsp3) is 0.267. The fourth-order valence-corrected chi connectivity index (χ4v) is 2.37. The molecule has 6 heteroatoms. The molecule has 21 heavy (non-hydrogen) atoms. The molecule has 0 N–H and O–H groups in total. The number of hydrogen-bond acceptors (Lipinski definition) is 3. The fourth-order valence-electron chi connectivity index (χ4n) is 2.37. The SMILES string of the molecule is CC[C@@H](c1nc(C)nn1-c1ccc(F)cc1)n1cccn1. The van der Waals surface area contributed by atoms with Crippen LogP contribution in [0.5, 0.6) is 0 Å². The van der Waals surface area contributed by atoms with Crippen LogP contribution < -0.4 is 0 Å². The van der Waals surface area contributed by atoms with Crippen molar-refractivity contribution in [1.29, 1.82) is 0 Å². The molecule has 2 heterocycles. The zero-order valence-electron chi connectivity index (χ0n) is 11.9. The second-order valence-corrected chi connectivity index (χ2v) is 4.82. The molecule has 5 nitrogen and oxygen atoms in total. The molecule has 108 valence electrons. The summed E-state index contributed by atoms with van der Waals surface area (Å²) in [6.07, 6.45) is 4.49. The highest BCUT2D eigenvalue weighted by atomic mass is 19.1. The van der Waals surface area contributed by atoms with Crippen molar-refractivity contribution in [1.82, 2.24) is 24.5 Å². The van der Waals surface area contributed by atoms with Gasteiger partial charge in [0, 0.05) is 12.4 Å². The second kappa shape index (κ2) is 5.47. The highest BCUT2D eigenvalue weighted by Gasteiger charge is 2.20. The minimum absolute atomic E-state index is 0.00810. The number of aryl methyl sites for hydroxylation is 1. The summed E-state index contributed by atoms with van der Waals surface area (Å²) in [4.78, 5) is 4.53. The zero-order valence-corrected chi connectivity index (χ0v) is 11.9. The normalized spacial score (nSPS) is 12.5. The average molecular weight is 285 g/mol. The highest BCUT2D eigenvalue weighted by Crippen LogP contribution is 2.22. The van der Waals surface area contributed by atoms with Crippen molar-refractivity contribution in [3.8, 4) is 5.69 Å². The molecule has 3 rings (SSSR count). The van der Waals surface area contributed by atoms with Gasteiger partial charge >= 0.3 is 0 Å². The second-order valence-electron chi connectivity index (χ2n) is 4.82. The molecule has 3 aromatic rings.